The molecule has 0 saturated heterocycles. The molecule has 62 valence electrons. The molecular weight excluding hydrogens is 166 g/mol. The van der Waals surface area contributed by atoms with Crippen molar-refractivity contribution in [2.45, 2.75) is 0 Å². The van der Waals surface area contributed by atoms with Crippen LogP contribution in [-0.4, -0.2) is 10.9 Å². The number of hydrogen-bond donors (Lipinski definition) is 1. The first-order valence-corrected chi connectivity index (χ1v) is 3.44. The highest BCUT2D eigenvalue weighted by Crippen LogP contribution is 2.05. The molecule has 0 heterocycles. The van der Waals surface area contributed by atoms with Gasteiger partial charge in [-0.2, -0.15) is 10.5 Å². The van der Waals surface area contributed by atoms with E-state index in [9.17, 15) is 0 Å². The minimum atomic E-state index is -0.0999. The molecule has 0 radical (unpaired) electrons. The average molecular weight is 171 g/mol. The average Bonchev–Trinajstić information content (AvgIpc) is 2.20. The monoisotopic (exact) mass is 171 g/mol. The molecule has 0 amide bonds. The van der Waals surface area contributed by atoms with Crippen LogP contribution in [0.25, 0.3) is 0 Å². The maximum Gasteiger partial charge on any atom is 0.186 e. The molecule has 1 aromatic carbocycles. The van der Waals surface area contributed by atoms with Gasteiger partial charge in [0.2, 0.25) is 0 Å². The summed E-state index contributed by atoms with van der Waals surface area (Å²) in [6.07, 6.45) is 0. The number of hydrogen-bond acceptors (Lipinski definition) is 4. The molecule has 13 heavy (non-hydrogen) atoms. The van der Waals surface area contributed by atoms with Gasteiger partial charge in [-0.3, -0.25) is 0 Å². The van der Waals surface area contributed by atoms with Crippen LogP contribution in [0.15, 0.2) is 29.4 Å². The molecule has 0 bridgehead atoms. The van der Waals surface area contributed by atoms with Crippen molar-refractivity contribution in [3.63, 3.8) is 0 Å². The summed E-state index contributed by atoms with van der Waals surface area (Å²) in [6.45, 7) is 0. The van der Waals surface area contributed by atoms with E-state index in [4.69, 9.17) is 15.7 Å². The standard InChI is InChI=1S/C9H5N3O/c10-5-7-2-1-3-8(4-7)9(6-11)12-13/h1-4,13H. The molecule has 0 aromatic heterocycles. The Morgan fingerprint density at radius 2 is 2.15 bits per heavy atom. The Balaban J connectivity index is 3.19. The topological polar surface area (TPSA) is 80.2 Å². The zero-order valence-electron chi connectivity index (χ0n) is 6.60. The SMILES string of the molecule is N#CC(=NO)c1cccc(C#N)c1. The lowest BCUT2D eigenvalue weighted by atomic mass is 10.1. The Morgan fingerprint density at radius 1 is 1.38 bits per heavy atom. The van der Waals surface area contributed by atoms with E-state index in [1.165, 1.54) is 6.07 Å². The Bertz CT molecular complexity index is 423. The highest BCUT2D eigenvalue weighted by atomic mass is 16.4. The molecule has 0 aliphatic rings. The second kappa shape index (κ2) is 3.89. The van der Waals surface area contributed by atoms with Crippen LogP contribution in [0.4, 0.5) is 0 Å². The van der Waals surface area contributed by atoms with E-state index < -0.39 is 0 Å². The molecule has 1 rings (SSSR count). The van der Waals surface area contributed by atoms with Crippen molar-refractivity contribution in [3.8, 4) is 12.1 Å². The largest absolute Gasteiger partial charge is 0.410 e. The quantitative estimate of drug-likeness (QED) is 0.392. The van der Waals surface area contributed by atoms with E-state index in [-0.39, 0.29) is 5.71 Å². The Morgan fingerprint density at radius 3 is 2.69 bits per heavy atom. The van der Waals surface area contributed by atoms with E-state index >= 15 is 0 Å². The van der Waals surface area contributed by atoms with Crippen molar-refractivity contribution in [2.75, 3.05) is 0 Å². The van der Waals surface area contributed by atoms with Gasteiger partial charge in [0, 0.05) is 5.56 Å². The normalized spacial score (nSPS) is 10.2. The maximum absolute atomic E-state index is 8.55. The van der Waals surface area contributed by atoms with Crippen LogP contribution in [0.2, 0.25) is 0 Å². The summed E-state index contributed by atoms with van der Waals surface area (Å²) in [5.74, 6) is 0. The fourth-order valence-electron chi connectivity index (χ4n) is 0.881. The summed E-state index contributed by atoms with van der Waals surface area (Å²) in [5, 5.41) is 28.3. The second-order valence-corrected chi connectivity index (χ2v) is 2.25. The van der Waals surface area contributed by atoms with Crippen LogP contribution in [0.5, 0.6) is 0 Å². The number of nitrogens with zero attached hydrogens (tertiary/aromatic N) is 3. The molecule has 0 atom stereocenters. The van der Waals surface area contributed by atoms with Crippen LogP contribution >= 0.6 is 0 Å². The van der Waals surface area contributed by atoms with E-state index in [1.807, 2.05) is 6.07 Å². The number of nitriles is 2. The molecule has 0 aliphatic carbocycles. The van der Waals surface area contributed by atoms with Crippen LogP contribution in [0, 0.1) is 22.7 Å². The highest BCUT2D eigenvalue weighted by Gasteiger charge is 2.02. The molecule has 0 spiro atoms. The van der Waals surface area contributed by atoms with Gasteiger partial charge in [0.15, 0.2) is 5.71 Å². The lowest BCUT2D eigenvalue weighted by Gasteiger charge is -1.94. The van der Waals surface area contributed by atoms with Gasteiger partial charge in [-0.05, 0) is 12.1 Å². The first kappa shape index (κ1) is 8.76. The molecule has 0 aliphatic heterocycles. The summed E-state index contributed by atoms with van der Waals surface area (Å²) < 4.78 is 0. The van der Waals surface area contributed by atoms with Crippen LogP contribution in [0.3, 0.4) is 0 Å². The van der Waals surface area contributed by atoms with Gasteiger partial charge >= 0.3 is 0 Å². The van der Waals surface area contributed by atoms with E-state index in [1.54, 1.807) is 24.3 Å². The fourth-order valence-corrected chi connectivity index (χ4v) is 0.881. The summed E-state index contributed by atoms with van der Waals surface area (Å²) in [6, 6.07) is 9.94. The zero-order chi connectivity index (χ0) is 9.68. The van der Waals surface area contributed by atoms with Crippen LogP contribution in [-0.2, 0) is 0 Å². The van der Waals surface area contributed by atoms with Crippen molar-refractivity contribution in [2.24, 2.45) is 5.16 Å². The van der Waals surface area contributed by atoms with Gasteiger partial charge in [-0.15, -0.1) is 0 Å². The Hall–Kier alpha value is -2.33. The molecule has 1 N–H and O–H groups in total. The number of rotatable bonds is 1. The highest BCUT2D eigenvalue weighted by molar-refractivity contribution is 6.11. The zero-order valence-corrected chi connectivity index (χ0v) is 6.60. The van der Waals surface area contributed by atoms with Gasteiger partial charge in [0.05, 0.1) is 11.6 Å². The van der Waals surface area contributed by atoms with Gasteiger partial charge < -0.3 is 5.21 Å². The summed E-state index contributed by atoms with van der Waals surface area (Å²) in [4.78, 5) is 0. The predicted molar refractivity (Wildman–Crippen MR) is 45.1 cm³/mol. The molecule has 0 saturated carbocycles. The summed E-state index contributed by atoms with van der Waals surface area (Å²) in [7, 11) is 0. The molecule has 0 fully saturated rings. The molecule has 1 aromatic rings. The van der Waals surface area contributed by atoms with E-state index in [0.29, 0.717) is 11.1 Å². The lowest BCUT2D eigenvalue weighted by Crippen LogP contribution is -1.96. The van der Waals surface area contributed by atoms with Crippen molar-refractivity contribution < 1.29 is 5.21 Å². The Labute approximate surface area is 75.0 Å². The van der Waals surface area contributed by atoms with Crippen molar-refractivity contribution in [1.82, 2.24) is 0 Å². The van der Waals surface area contributed by atoms with E-state index in [0.717, 1.165) is 0 Å². The first-order valence-electron chi connectivity index (χ1n) is 3.44. The summed E-state index contributed by atoms with van der Waals surface area (Å²) in [5.41, 5.74) is 0.759. The third-order valence-electron chi connectivity index (χ3n) is 1.47. The molecular formula is C9H5N3O. The minimum absolute atomic E-state index is 0.0999. The third kappa shape index (κ3) is 1.82. The van der Waals surface area contributed by atoms with Crippen molar-refractivity contribution >= 4 is 5.71 Å². The van der Waals surface area contributed by atoms with Gasteiger partial charge in [-0.1, -0.05) is 17.3 Å². The fraction of sp³-hybridized carbons (Fsp3) is 0. The lowest BCUT2D eigenvalue weighted by molar-refractivity contribution is 0.320. The minimum Gasteiger partial charge on any atom is -0.410 e. The molecule has 4 nitrogen and oxygen atoms in total. The summed E-state index contributed by atoms with van der Waals surface area (Å²) >= 11 is 0. The smallest absolute Gasteiger partial charge is 0.186 e. The van der Waals surface area contributed by atoms with Crippen LogP contribution in [0.1, 0.15) is 11.1 Å². The van der Waals surface area contributed by atoms with Crippen molar-refractivity contribution in [1.29, 1.82) is 10.5 Å². The van der Waals surface area contributed by atoms with Gasteiger partial charge in [0.25, 0.3) is 0 Å². The van der Waals surface area contributed by atoms with Crippen molar-refractivity contribution in [3.05, 3.63) is 35.4 Å². The molecule has 0 unspecified atom stereocenters. The number of benzene rings is 1. The van der Waals surface area contributed by atoms with Gasteiger partial charge in [-0.25, -0.2) is 0 Å². The maximum atomic E-state index is 8.55. The Kier molecular flexibility index (Phi) is 2.62. The van der Waals surface area contributed by atoms with E-state index in [2.05, 4.69) is 5.16 Å². The predicted octanol–water partition coefficient (Wildman–Crippen LogP) is 1.26. The number of oxime groups is 1. The second-order valence-electron chi connectivity index (χ2n) is 2.25. The molecule has 4 heteroatoms. The van der Waals surface area contributed by atoms with Crippen LogP contribution < -0.4 is 0 Å². The van der Waals surface area contributed by atoms with Gasteiger partial charge in [0.1, 0.15) is 6.07 Å². The third-order valence-corrected chi connectivity index (χ3v) is 1.47. The first-order chi connectivity index (χ1) is 6.31.